The minimum absolute atomic E-state index is 0.0633. The third-order valence-corrected chi connectivity index (χ3v) is 7.95. The first-order chi connectivity index (χ1) is 14.3. The van der Waals surface area contributed by atoms with Gasteiger partial charge in [-0.3, -0.25) is 4.79 Å². The van der Waals surface area contributed by atoms with Gasteiger partial charge >= 0.3 is 0 Å². The summed E-state index contributed by atoms with van der Waals surface area (Å²) in [4.78, 5) is 16.1. The summed E-state index contributed by atoms with van der Waals surface area (Å²) in [5.41, 5.74) is 3.80. The molecule has 0 amide bonds. The lowest BCUT2D eigenvalue weighted by Gasteiger charge is -2.29. The Hall–Kier alpha value is -2.88. The van der Waals surface area contributed by atoms with Crippen molar-refractivity contribution in [2.45, 2.75) is 15.7 Å². The van der Waals surface area contributed by atoms with E-state index in [2.05, 4.69) is 66.7 Å². The van der Waals surface area contributed by atoms with E-state index in [1.807, 2.05) is 36.0 Å². The second-order valence-electron chi connectivity index (χ2n) is 7.26. The van der Waals surface area contributed by atoms with Crippen LogP contribution in [-0.4, -0.2) is 0 Å². The van der Waals surface area contributed by atoms with E-state index < -0.39 is 0 Å². The molecule has 2 heterocycles. The Balaban J connectivity index is 1.74. The van der Waals surface area contributed by atoms with E-state index in [9.17, 15) is 4.79 Å². The fraction of sp³-hybridized carbons (Fsp3) is 0.0385. The SMILES string of the molecule is O=c1c2ccccc2sc2cccc(C3c4ccccc4Sc4ccccc43)c12. The number of hydrogen-bond donors (Lipinski definition) is 0. The van der Waals surface area contributed by atoms with Gasteiger partial charge < -0.3 is 0 Å². The molecule has 0 atom stereocenters. The van der Waals surface area contributed by atoms with Crippen molar-refractivity contribution in [1.29, 1.82) is 0 Å². The van der Waals surface area contributed by atoms with Crippen LogP contribution in [0.3, 0.4) is 0 Å². The van der Waals surface area contributed by atoms with Gasteiger partial charge in [0.1, 0.15) is 0 Å². The summed E-state index contributed by atoms with van der Waals surface area (Å²) < 4.78 is 2.10. The zero-order chi connectivity index (χ0) is 19.4. The monoisotopic (exact) mass is 408 g/mol. The lowest BCUT2D eigenvalue weighted by Crippen LogP contribution is -2.13. The van der Waals surface area contributed by atoms with Crippen molar-refractivity contribution in [2.24, 2.45) is 0 Å². The highest BCUT2D eigenvalue weighted by atomic mass is 32.2. The van der Waals surface area contributed by atoms with Gasteiger partial charge in [-0.1, -0.05) is 72.4 Å². The van der Waals surface area contributed by atoms with Gasteiger partial charge in [-0.2, -0.15) is 0 Å². The van der Waals surface area contributed by atoms with E-state index >= 15 is 0 Å². The summed E-state index contributed by atoms with van der Waals surface area (Å²) in [6.07, 6.45) is 0. The van der Waals surface area contributed by atoms with Gasteiger partial charge in [0, 0.05) is 35.9 Å². The molecular formula is C26H16OS2. The first-order valence-electron chi connectivity index (χ1n) is 9.61. The predicted molar refractivity (Wildman–Crippen MR) is 124 cm³/mol. The van der Waals surface area contributed by atoms with Crippen LogP contribution in [0.1, 0.15) is 22.6 Å². The number of fused-ring (bicyclic) bond motifs is 4. The molecule has 6 rings (SSSR count). The summed E-state index contributed by atoms with van der Waals surface area (Å²) in [5.74, 6) is 0.0633. The van der Waals surface area contributed by atoms with Gasteiger partial charge in [0.25, 0.3) is 0 Å². The molecule has 3 heteroatoms. The van der Waals surface area contributed by atoms with E-state index in [1.165, 1.54) is 20.9 Å². The molecule has 0 spiro atoms. The normalized spacial score (nSPS) is 13.4. The molecule has 4 aromatic carbocycles. The summed E-state index contributed by atoms with van der Waals surface area (Å²) in [6, 6.07) is 31.4. The van der Waals surface area contributed by atoms with Gasteiger partial charge in [0.2, 0.25) is 0 Å². The molecule has 1 aliphatic rings. The molecule has 29 heavy (non-hydrogen) atoms. The van der Waals surface area contributed by atoms with Gasteiger partial charge in [-0.15, -0.1) is 11.3 Å². The third-order valence-electron chi connectivity index (χ3n) is 5.63. The number of hydrogen-bond acceptors (Lipinski definition) is 3. The molecule has 0 fully saturated rings. The van der Waals surface area contributed by atoms with Crippen LogP contribution >= 0.6 is 23.1 Å². The maximum Gasteiger partial charge on any atom is 0.196 e. The molecule has 1 nitrogen and oxygen atoms in total. The lowest BCUT2D eigenvalue weighted by molar-refractivity contribution is 0.910. The first-order valence-corrected chi connectivity index (χ1v) is 11.2. The molecule has 0 unspecified atom stereocenters. The number of rotatable bonds is 1. The quantitative estimate of drug-likeness (QED) is 0.271. The molecule has 5 aromatic rings. The van der Waals surface area contributed by atoms with Crippen LogP contribution in [0.5, 0.6) is 0 Å². The van der Waals surface area contributed by atoms with E-state index in [1.54, 1.807) is 11.3 Å². The van der Waals surface area contributed by atoms with E-state index in [4.69, 9.17) is 0 Å². The zero-order valence-corrected chi connectivity index (χ0v) is 17.1. The molecule has 138 valence electrons. The first kappa shape index (κ1) is 17.0. The second kappa shape index (κ2) is 6.58. The third kappa shape index (κ3) is 2.58. The average Bonchev–Trinajstić information content (AvgIpc) is 2.77. The Kier molecular flexibility index (Phi) is 3.86. The fourth-order valence-electron chi connectivity index (χ4n) is 4.36. The molecule has 0 saturated heterocycles. The molecule has 0 radical (unpaired) electrons. The van der Waals surface area contributed by atoms with Crippen LogP contribution in [0.25, 0.3) is 20.2 Å². The van der Waals surface area contributed by atoms with Gasteiger partial charge in [-0.25, -0.2) is 0 Å². The Bertz CT molecular complexity index is 1420. The molecule has 0 saturated carbocycles. The Labute approximate surface area is 176 Å². The highest BCUT2D eigenvalue weighted by Crippen LogP contribution is 2.49. The van der Waals surface area contributed by atoms with Crippen molar-refractivity contribution in [3.63, 3.8) is 0 Å². The Morgan fingerprint density at radius 2 is 1.17 bits per heavy atom. The van der Waals surface area contributed by atoms with Crippen molar-refractivity contribution in [2.75, 3.05) is 0 Å². The molecule has 1 aliphatic heterocycles. The predicted octanol–water partition coefficient (Wildman–Crippen LogP) is 7.06. The lowest BCUT2D eigenvalue weighted by atomic mass is 9.83. The van der Waals surface area contributed by atoms with Crippen molar-refractivity contribution in [1.82, 2.24) is 0 Å². The van der Waals surface area contributed by atoms with Gasteiger partial charge in [-0.05, 0) is 47.0 Å². The standard InChI is InChI=1S/C26H16OS2/c27-26-18-10-3-6-14-22(18)29-23-15-7-11-19(25(23)26)24-16-8-1-4-12-20(16)28-21-13-5-2-9-17(21)24/h1-15,24H. The van der Waals surface area contributed by atoms with E-state index in [0.29, 0.717) is 0 Å². The minimum atomic E-state index is 0.0633. The van der Waals surface area contributed by atoms with Crippen LogP contribution in [-0.2, 0) is 0 Å². The van der Waals surface area contributed by atoms with Gasteiger partial charge in [0.15, 0.2) is 5.43 Å². The maximum atomic E-state index is 13.6. The molecule has 0 N–H and O–H groups in total. The summed E-state index contributed by atoms with van der Waals surface area (Å²) in [7, 11) is 0. The van der Waals surface area contributed by atoms with Crippen LogP contribution in [0.2, 0.25) is 0 Å². The summed E-state index contributed by atoms with van der Waals surface area (Å²) >= 11 is 3.52. The topological polar surface area (TPSA) is 17.1 Å². The maximum absolute atomic E-state index is 13.6. The Morgan fingerprint density at radius 1 is 0.586 bits per heavy atom. The van der Waals surface area contributed by atoms with Crippen molar-refractivity contribution < 1.29 is 0 Å². The minimum Gasteiger partial charge on any atom is -0.288 e. The van der Waals surface area contributed by atoms with Crippen molar-refractivity contribution in [3.05, 3.63) is 118 Å². The smallest absolute Gasteiger partial charge is 0.196 e. The van der Waals surface area contributed by atoms with Crippen LogP contribution in [0, 0.1) is 0 Å². The van der Waals surface area contributed by atoms with Crippen molar-refractivity contribution >= 4 is 43.3 Å². The Morgan fingerprint density at radius 3 is 1.93 bits per heavy atom. The van der Waals surface area contributed by atoms with E-state index in [0.717, 1.165) is 25.7 Å². The van der Waals surface area contributed by atoms with Crippen molar-refractivity contribution in [3.8, 4) is 0 Å². The second-order valence-corrected chi connectivity index (χ2v) is 9.43. The molecule has 1 aromatic heterocycles. The van der Waals surface area contributed by atoms with Crippen LogP contribution in [0.15, 0.2) is 106 Å². The highest BCUT2D eigenvalue weighted by molar-refractivity contribution is 7.99. The van der Waals surface area contributed by atoms with Gasteiger partial charge in [0.05, 0.1) is 0 Å². The molecule has 0 bridgehead atoms. The van der Waals surface area contributed by atoms with Crippen LogP contribution < -0.4 is 5.43 Å². The largest absolute Gasteiger partial charge is 0.288 e. The molecule has 0 aliphatic carbocycles. The fourth-order valence-corrected chi connectivity index (χ4v) is 6.61. The highest BCUT2D eigenvalue weighted by Gasteiger charge is 2.29. The van der Waals surface area contributed by atoms with E-state index in [-0.39, 0.29) is 11.3 Å². The molecular weight excluding hydrogens is 392 g/mol. The zero-order valence-electron chi connectivity index (χ0n) is 15.5. The summed E-state index contributed by atoms with van der Waals surface area (Å²) in [6.45, 7) is 0. The average molecular weight is 409 g/mol. The van der Waals surface area contributed by atoms with Crippen LogP contribution in [0.4, 0.5) is 0 Å². The summed E-state index contributed by atoms with van der Waals surface area (Å²) in [5, 5.41) is 1.67. The number of benzene rings is 4.